The lowest BCUT2D eigenvalue weighted by atomic mass is 10.1. The molecule has 1 saturated heterocycles. The molecule has 1 aromatic carbocycles. The Morgan fingerprint density at radius 2 is 1.96 bits per heavy atom. The Bertz CT molecular complexity index is 856. The molecule has 0 saturated carbocycles. The zero-order valence-electron chi connectivity index (χ0n) is 16.2. The van der Waals surface area contributed by atoms with Crippen molar-refractivity contribution in [1.29, 1.82) is 0 Å². The number of aromatic nitrogens is 3. The summed E-state index contributed by atoms with van der Waals surface area (Å²) in [5.74, 6) is 2.15. The van der Waals surface area contributed by atoms with Crippen molar-refractivity contribution in [2.24, 2.45) is 0 Å². The van der Waals surface area contributed by atoms with Crippen molar-refractivity contribution in [3.05, 3.63) is 40.4 Å². The zero-order chi connectivity index (χ0) is 19.1. The predicted molar refractivity (Wildman–Crippen MR) is 106 cm³/mol. The summed E-state index contributed by atoms with van der Waals surface area (Å²) in [5.41, 5.74) is 1.66. The molecule has 0 radical (unpaired) electrons. The van der Waals surface area contributed by atoms with Gasteiger partial charge in [-0.2, -0.15) is 0 Å². The molecule has 6 nitrogen and oxygen atoms in total. The lowest BCUT2D eigenvalue weighted by Gasteiger charge is -2.33. The fourth-order valence-electron chi connectivity index (χ4n) is 4.15. The van der Waals surface area contributed by atoms with Crippen molar-refractivity contribution < 1.29 is 4.79 Å². The van der Waals surface area contributed by atoms with E-state index < -0.39 is 0 Å². The lowest BCUT2D eigenvalue weighted by Crippen LogP contribution is -2.40. The summed E-state index contributed by atoms with van der Waals surface area (Å²) in [6.07, 6.45) is 2.39. The second kappa shape index (κ2) is 7.15. The van der Waals surface area contributed by atoms with E-state index >= 15 is 0 Å². The third-order valence-corrected chi connectivity index (χ3v) is 5.80. The van der Waals surface area contributed by atoms with Gasteiger partial charge in [0.05, 0.1) is 23.3 Å². The average Bonchev–Trinajstić information content (AvgIpc) is 3.30. The molecule has 1 amide bonds. The summed E-state index contributed by atoms with van der Waals surface area (Å²) in [5, 5.41) is 9.31. The number of nitrogens with zero attached hydrogens (tertiary/aromatic N) is 5. The van der Waals surface area contributed by atoms with Gasteiger partial charge in [-0.1, -0.05) is 25.4 Å². The van der Waals surface area contributed by atoms with E-state index in [1.165, 1.54) is 12.8 Å². The average molecular weight is 388 g/mol. The number of carbonyl (C=O) groups excluding carboxylic acids is 1. The summed E-state index contributed by atoms with van der Waals surface area (Å²) >= 11 is 6.50. The molecule has 0 spiro atoms. The fraction of sp³-hybridized carbons (Fsp3) is 0.550. The minimum Gasteiger partial charge on any atom is -0.370 e. The van der Waals surface area contributed by atoms with Crippen LogP contribution in [0.25, 0.3) is 0 Å². The molecule has 4 rings (SSSR count). The molecule has 7 heteroatoms. The molecule has 0 bridgehead atoms. The number of hydrogen-bond acceptors (Lipinski definition) is 4. The second-order valence-corrected chi connectivity index (χ2v) is 8.30. The maximum atomic E-state index is 13.1. The van der Waals surface area contributed by atoms with Gasteiger partial charge >= 0.3 is 0 Å². The van der Waals surface area contributed by atoms with Crippen LogP contribution >= 0.6 is 11.6 Å². The van der Waals surface area contributed by atoms with Crippen molar-refractivity contribution in [2.45, 2.75) is 52.1 Å². The first-order chi connectivity index (χ1) is 13.0. The standard InChI is InChI=1S/C20H26ClN5O/c1-13(2)19-23-22-18-12-25(11-14(3)26(18)19)20(27)15-6-7-17(16(21)10-15)24-8-4-5-9-24/h6-7,10,13-14H,4-5,8-9,11-12H2,1-3H3/t14-/m0/s1. The smallest absolute Gasteiger partial charge is 0.254 e. The monoisotopic (exact) mass is 387 g/mol. The quantitative estimate of drug-likeness (QED) is 0.802. The van der Waals surface area contributed by atoms with Crippen LogP contribution in [0.15, 0.2) is 18.2 Å². The molecule has 1 atom stereocenters. The predicted octanol–water partition coefficient (Wildman–Crippen LogP) is 3.87. The lowest BCUT2D eigenvalue weighted by molar-refractivity contribution is 0.0679. The van der Waals surface area contributed by atoms with Crippen LogP contribution in [0.1, 0.15) is 67.6 Å². The van der Waals surface area contributed by atoms with Crippen molar-refractivity contribution >= 4 is 23.2 Å². The minimum atomic E-state index is -0.00271. The van der Waals surface area contributed by atoms with Crippen LogP contribution in [-0.2, 0) is 6.54 Å². The van der Waals surface area contributed by atoms with E-state index in [4.69, 9.17) is 11.6 Å². The highest BCUT2D eigenvalue weighted by atomic mass is 35.5. The fourth-order valence-corrected chi connectivity index (χ4v) is 4.45. The number of rotatable bonds is 3. The number of halogens is 1. The van der Waals surface area contributed by atoms with Crippen LogP contribution in [0.2, 0.25) is 5.02 Å². The molecule has 2 aromatic rings. The molecule has 0 aliphatic carbocycles. The first kappa shape index (κ1) is 18.3. The van der Waals surface area contributed by atoms with Crippen molar-refractivity contribution in [1.82, 2.24) is 19.7 Å². The zero-order valence-corrected chi connectivity index (χ0v) is 16.9. The van der Waals surface area contributed by atoms with Gasteiger partial charge in [-0.25, -0.2) is 0 Å². The normalized spacial score (nSPS) is 19.7. The number of fused-ring (bicyclic) bond motifs is 1. The van der Waals surface area contributed by atoms with E-state index in [9.17, 15) is 4.79 Å². The Morgan fingerprint density at radius 3 is 2.63 bits per heavy atom. The van der Waals surface area contributed by atoms with Crippen LogP contribution < -0.4 is 4.90 Å². The van der Waals surface area contributed by atoms with Crippen LogP contribution in [0.4, 0.5) is 5.69 Å². The van der Waals surface area contributed by atoms with Gasteiger partial charge in [0.2, 0.25) is 0 Å². The molecule has 2 aliphatic heterocycles. The Hall–Kier alpha value is -2.08. The van der Waals surface area contributed by atoms with Gasteiger partial charge in [0.1, 0.15) is 5.82 Å². The SMILES string of the molecule is CC(C)c1nnc2n1[C@@H](C)CN(C(=O)c1ccc(N3CCCC3)c(Cl)c1)C2. The highest BCUT2D eigenvalue weighted by Crippen LogP contribution is 2.31. The number of hydrogen-bond donors (Lipinski definition) is 0. The van der Waals surface area contributed by atoms with Crippen molar-refractivity contribution in [3.63, 3.8) is 0 Å². The van der Waals surface area contributed by atoms with Gasteiger partial charge in [0.15, 0.2) is 5.82 Å². The largest absolute Gasteiger partial charge is 0.370 e. The van der Waals surface area contributed by atoms with Gasteiger partial charge in [-0.05, 0) is 38.0 Å². The summed E-state index contributed by atoms with van der Waals surface area (Å²) < 4.78 is 2.18. The van der Waals surface area contributed by atoms with Crippen LogP contribution in [0, 0.1) is 0 Å². The summed E-state index contributed by atoms with van der Waals surface area (Å²) in [6, 6.07) is 5.84. The molecule has 1 fully saturated rings. The van der Waals surface area contributed by atoms with E-state index in [2.05, 4.69) is 40.4 Å². The number of anilines is 1. The maximum Gasteiger partial charge on any atom is 0.254 e. The molecule has 144 valence electrons. The first-order valence-corrected chi connectivity index (χ1v) is 10.1. The maximum absolute atomic E-state index is 13.1. The van der Waals surface area contributed by atoms with Gasteiger partial charge < -0.3 is 14.4 Å². The molecule has 0 unspecified atom stereocenters. The summed E-state index contributed by atoms with van der Waals surface area (Å²) in [7, 11) is 0. The topological polar surface area (TPSA) is 54.3 Å². The molecule has 2 aliphatic rings. The number of benzene rings is 1. The van der Waals surface area contributed by atoms with Crippen molar-refractivity contribution in [2.75, 3.05) is 24.5 Å². The molecule has 0 N–H and O–H groups in total. The Balaban J connectivity index is 1.55. The van der Waals surface area contributed by atoms with E-state index in [0.29, 0.717) is 29.6 Å². The van der Waals surface area contributed by atoms with Crippen LogP contribution in [0.5, 0.6) is 0 Å². The third kappa shape index (κ3) is 3.31. The highest BCUT2D eigenvalue weighted by molar-refractivity contribution is 6.33. The van der Waals surface area contributed by atoms with E-state index in [0.717, 1.165) is 30.4 Å². The molecule has 27 heavy (non-hydrogen) atoms. The van der Waals surface area contributed by atoms with Gasteiger partial charge in [0.25, 0.3) is 5.91 Å². The first-order valence-electron chi connectivity index (χ1n) is 9.73. The van der Waals surface area contributed by atoms with E-state index in [1.54, 1.807) is 6.07 Å². The molecular formula is C20H26ClN5O. The Labute approximate surface area is 165 Å². The third-order valence-electron chi connectivity index (χ3n) is 5.50. The van der Waals surface area contributed by atoms with Gasteiger partial charge in [-0.15, -0.1) is 10.2 Å². The minimum absolute atomic E-state index is 0.00271. The Morgan fingerprint density at radius 1 is 1.22 bits per heavy atom. The Kier molecular flexibility index (Phi) is 4.84. The number of carbonyl (C=O) groups is 1. The van der Waals surface area contributed by atoms with Crippen LogP contribution in [0.3, 0.4) is 0 Å². The van der Waals surface area contributed by atoms with Gasteiger partial charge in [0, 0.05) is 31.1 Å². The van der Waals surface area contributed by atoms with E-state index in [-0.39, 0.29) is 11.9 Å². The number of amides is 1. The van der Waals surface area contributed by atoms with Crippen LogP contribution in [-0.4, -0.2) is 45.2 Å². The molecular weight excluding hydrogens is 362 g/mol. The van der Waals surface area contributed by atoms with Crippen molar-refractivity contribution in [3.8, 4) is 0 Å². The second-order valence-electron chi connectivity index (χ2n) is 7.89. The highest BCUT2D eigenvalue weighted by Gasteiger charge is 2.30. The molecule has 1 aromatic heterocycles. The van der Waals surface area contributed by atoms with E-state index in [1.807, 2.05) is 17.0 Å². The summed E-state index contributed by atoms with van der Waals surface area (Å²) in [6.45, 7) is 9.54. The summed E-state index contributed by atoms with van der Waals surface area (Å²) in [4.78, 5) is 17.2. The van der Waals surface area contributed by atoms with Gasteiger partial charge in [-0.3, -0.25) is 4.79 Å². The molecule has 3 heterocycles.